The van der Waals surface area contributed by atoms with Crippen LogP contribution in [-0.4, -0.2) is 38.8 Å². The highest BCUT2D eigenvalue weighted by Crippen LogP contribution is 2.32. The molecule has 3 rings (SSSR count). The number of rotatable bonds is 4. The summed E-state index contributed by atoms with van der Waals surface area (Å²) >= 11 is 0. The van der Waals surface area contributed by atoms with Crippen LogP contribution in [0, 0.1) is 5.92 Å². The number of carbonyl (C=O) groups is 2. The Morgan fingerprint density at radius 1 is 1.45 bits per heavy atom. The lowest BCUT2D eigenvalue weighted by Crippen LogP contribution is -2.55. The molecule has 22 heavy (non-hydrogen) atoms. The Balaban J connectivity index is 1.68. The van der Waals surface area contributed by atoms with Gasteiger partial charge in [-0.05, 0) is 26.2 Å². The van der Waals surface area contributed by atoms with Crippen LogP contribution in [0.5, 0.6) is 0 Å². The maximum absolute atomic E-state index is 12.6. The fourth-order valence-corrected chi connectivity index (χ4v) is 3.42. The van der Waals surface area contributed by atoms with Gasteiger partial charge in [0.25, 0.3) is 0 Å². The average Bonchev–Trinajstić information content (AvgIpc) is 3.16. The monoisotopic (exact) mass is 306 g/mol. The highest BCUT2D eigenvalue weighted by Gasteiger charge is 2.45. The van der Waals surface area contributed by atoms with Gasteiger partial charge in [0, 0.05) is 6.42 Å². The van der Waals surface area contributed by atoms with Crippen LogP contribution in [0.1, 0.15) is 44.9 Å². The molecule has 1 aliphatic heterocycles. The highest BCUT2D eigenvalue weighted by atomic mass is 16.5. The zero-order valence-corrected chi connectivity index (χ0v) is 12.9. The van der Waals surface area contributed by atoms with E-state index in [1.165, 1.54) is 6.33 Å². The number of nitrogens with zero attached hydrogens (tertiary/aromatic N) is 3. The van der Waals surface area contributed by atoms with Gasteiger partial charge < -0.3 is 10.1 Å². The maximum Gasteiger partial charge on any atom is 0.331 e. The third-order valence-electron chi connectivity index (χ3n) is 4.66. The number of hydrogen-bond acceptors (Lipinski definition) is 5. The molecule has 2 aliphatic rings. The number of esters is 1. The minimum Gasteiger partial charge on any atom is -0.464 e. The molecule has 1 aromatic heterocycles. The molecule has 1 saturated carbocycles. The molecule has 1 fully saturated rings. The molecule has 7 heteroatoms. The predicted molar refractivity (Wildman–Crippen MR) is 77.8 cm³/mol. The topological polar surface area (TPSA) is 86.1 Å². The van der Waals surface area contributed by atoms with E-state index in [9.17, 15) is 9.59 Å². The van der Waals surface area contributed by atoms with Gasteiger partial charge in [-0.25, -0.2) is 14.5 Å². The fraction of sp³-hybridized carbons (Fsp3) is 0.733. The van der Waals surface area contributed by atoms with Crippen LogP contribution < -0.4 is 5.32 Å². The van der Waals surface area contributed by atoms with E-state index in [1.54, 1.807) is 11.6 Å². The van der Waals surface area contributed by atoms with Gasteiger partial charge in [-0.15, -0.1) is 0 Å². The van der Waals surface area contributed by atoms with E-state index < -0.39 is 5.54 Å². The molecule has 0 spiro atoms. The van der Waals surface area contributed by atoms with Crippen molar-refractivity contribution in [1.82, 2.24) is 20.1 Å². The summed E-state index contributed by atoms with van der Waals surface area (Å²) in [4.78, 5) is 29.1. The summed E-state index contributed by atoms with van der Waals surface area (Å²) in [6.45, 7) is 2.65. The minimum atomic E-state index is -0.824. The number of hydrogen-bond donors (Lipinski definition) is 1. The number of carbonyl (C=O) groups excluding carboxylic acids is 2. The van der Waals surface area contributed by atoms with Crippen LogP contribution in [0.2, 0.25) is 0 Å². The zero-order chi connectivity index (χ0) is 15.6. The standard InChI is InChI=1S/C15H22N4O3/c1-2-22-14(21)15(7-3-4-8-15)18-13(20)11-5-6-12-16-10-17-19(12)9-11/h10-11H,2-9H2,1H3,(H,18,20). The van der Waals surface area contributed by atoms with E-state index in [1.807, 2.05) is 0 Å². The van der Waals surface area contributed by atoms with Crippen LogP contribution in [0.4, 0.5) is 0 Å². The summed E-state index contributed by atoms with van der Waals surface area (Å²) in [7, 11) is 0. The SMILES string of the molecule is CCOC(=O)C1(NC(=O)C2CCc3ncnn3C2)CCCC1. The van der Waals surface area contributed by atoms with Crippen LogP contribution in [0.3, 0.4) is 0 Å². The third kappa shape index (κ3) is 2.71. The molecule has 0 radical (unpaired) electrons. The molecule has 120 valence electrons. The van der Waals surface area contributed by atoms with Crippen LogP contribution in [0.25, 0.3) is 0 Å². The molecule has 1 aromatic rings. The van der Waals surface area contributed by atoms with Gasteiger partial charge in [0.15, 0.2) is 0 Å². The second-order valence-corrected chi connectivity index (χ2v) is 6.09. The molecule has 0 aromatic carbocycles. The normalized spacial score (nSPS) is 22.9. The Kier molecular flexibility index (Phi) is 4.13. The Morgan fingerprint density at radius 3 is 2.95 bits per heavy atom. The Labute approximate surface area is 129 Å². The summed E-state index contributed by atoms with van der Waals surface area (Å²) < 4.78 is 6.96. The second kappa shape index (κ2) is 6.06. The third-order valence-corrected chi connectivity index (χ3v) is 4.66. The number of nitrogens with one attached hydrogen (secondary N) is 1. The fourth-order valence-electron chi connectivity index (χ4n) is 3.42. The summed E-state index contributed by atoms with van der Waals surface area (Å²) in [6.07, 6.45) is 6.21. The molecule has 1 amide bonds. The molecule has 1 unspecified atom stereocenters. The lowest BCUT2D eigenvalue weighted by atomic mass is 9.93. The Hall–Kier alpha value is -1.92. The second-order valence-electron chi connectivity index (χ2n) is 6.09. The molecule has 1 N–H and O–H groups in total. The number of amides is 1. The zero-order valence-electron chi connectivity index (χ0n) is 12.9. The van der Waals surface area contributed by atoms with E-state index in [4.69, 9.17) is 4.74 Å². The van der Waals surface area contributed by atoms with Crippen molar-refractivity contribution >= 4 is 11.9 Å². The Morgan fingerprint density at radius 2 is 2.23 bits per heavy atom. The van der Waals surface area contributed by atoms with Crippen molar-refractivity contribution in [1.29, 1.82) is 0 Å². The van der Waals surface area contributed by atoms with Crippen LogP contribution in [-0.2, 0) is 27.3 Å². The molecule has 0 bridgehead atoms. The lowest BCUT2D eigenvalue weighted by Gasteiger charge is -2.31. The molecular weight excluding hydrogens is 284 g/mol. The lowest BCUT2D eigenvalue weighted by molar-refractivity contribution is -0.153. The first-order valence-corrected chi connectivity index (χ1v) is 8.00. The predicted octanol–water partition coefficient (Wildman–Crippen LogP) is 0.833. The number of fused-ring (bicyclic) bond motifs is 1. The summed E-state index contributed by atoms with van der Waals surface area (Å²) in [5, 5.41) is 7.13. The van der Waals surface area contributed by atoms with Crippen molar-refractivity contribution in [2.75, 3.05) is 6.61 Å². The molecule has 1 aliphatic carbocycles. The molecule has 7 nitrogen and oxygen atoms in total. The van der Waals surface area contributed by atoms with E-state index in [-0.39, 0.29) is 17.8 Å². The highest BCUT2D eigenvalue weighted by molar-refractivity contribution is 5.89. The van der Waals surface area contributed by atoms with Crippen LogP contribution in [0.15, 0.2) is 6.33 Å². The largest absolute Gasteiger partial charge is 0.464 e. The number of aryl methyl sites for hydroxylation is 1. The van der Waals surface area contributed by atoms with Crippen molar-refractivity contribution in [3.63, 3.8) is 0 Å². The van der Waals surface area contributed by atoms with Gasteiger partial charge in [0.2, 0.25) is 5.91 Å². The molecule has 2 heterocycles. The number of ether oxygens (including phenoxy) is 1. The van der Waals surface area contributed by atoms with E-state index in [2.05, 4.69) is 15.4 Å². The van der Waals surface area contributed by atoms with Gasteiger partial charge in [-0.3, -0.25) is 4.79 Å². The Bertz CT molecular complexity index is 563. The smallest absolute Gasteiger partial charge is 0.331 e. The van der Waals surface area contributed by atoms with E-state index in [0.29, 0.717) is 26.0 Å². The van der Waals surface area contributed by atoms with Crippen molar-refractivity contribution in [3.8, 4) is 0 Å². The van der Waals surface area contributed by atoms with Crippen LogP contribution >= 0.6 is 0 Å². The van der Waals surface area contributed by atoms with E-state index in [0.717, 1.165) is 31.5 Å². The van der Waals surface area contributed by atoms with Crippen molar-refractivity contribution < 1.29 is 14.3 Å². The first-order chi connectivity index (χ1) is 10.6. The molecule has 1 atom stereocenters. The van der Waals surface area contributed by atoms with Gasteiger partial charge >= 0.3 is 5.97 Å². The summed E-state index contributed by atoms with van der Waals surface area (Å²) in [6, 6.07) is 0. The summed E-state index contributed by atoms with van der Waals surface area (Å²) in [5.74, 6) is 0.389. The first kappa shape index (κ1) is 15.0. The number of aromatic nitrogens is 3. The maximum atomic E-state index is 12.6. The summed E-state index contributed by atoms with van der Waals surface area (Å²) in [5.41, 5.74) is -0.824. The van der Waals surface area contributed by atoms with Crippen molar-refractivity contribution in [2.45, 2.75) is 57.5 Å². The van der Waals surface area contributed by atoms with Gasteiger partial charge in [-0.2, -0.15) is 5.10 Å². The van der Waals surface area contributed by atoms with E-state index >= 15 is 0 Å². The van der Waals surface area contributed by atoms with Crippen molar-refractivity contribution in [2.24, 2.45) is 5.92 Å². The molecular formula is C15H22N4O3. The average molecular weight is 306 g/mol. The first-order valence-electron chi connectivity index (χ1n) is 8.00. The minimum absolute atomic E-state index is 0.0731. The van der Waals surface area contributed by atoms with Gasteiger partial charge in [-0.1, -0.05) is 12.8 Å². The van der Waals surface area contributed by atoms with Crippen molar-refractivity contribution in [3.05, 3.63) is 12.2 Å². The molecule has 0 saturated heterocycles. The quantitative estimate of drug-likeness (QED) is 0.833. The van der Waals surface area contributed by atoms with Gasteiger partial charge in [0.05, 0.1) is 19.1 Å². The van der Waals surface area contributed by atoms with Gasteiger partial charge in [0.1, 0.15) is 17.7 Å².